The molecule has 0 bridgehead atoms. The predicted octanol–water partition coefficient (Wildman–Crippen LogP) is 3.42. The van der Waals surface area contributed by atoms with Crippen molar-refractivity contribution in [3.05, 3.63) is 60.4 Å². The van der Waals surface area contributed by atoms with E-state index in [9.17, 15) is 8.78 Å². The van der Waals surface area contributed by atoms with Crippen LogP contribution in [0.5, 0.6) is 5.75 Å². The lowest BCUT2D eigenvalue weighted by atomic mass is 10.2. The fourth-order valence-electron chi connectivity index (χ4n) is 2.28. The van der Waals surface area contributed by atoms with Crippen molar-refractivity contribution >= 4 is 16.7 Å². The van der Waals surface area contributed by atoms with Crippen molar-refractivity contribution in [3.8, 4) is 5.75 Å². The van der Waals surface area contributed by atoms with Crippen LogP contribution in [-0.4, -0.2) is 30.2 Å². The van der Waals surface area contributed by atoms with Gasteiger partial charge in [0.2, 0.25) is 0 Å². The standard InChI is InChI=1S/C17H15F2N3O/c1-22(9-10-23-13-7-5-12(18)6-8-13)17-14-3-2-4-15(19)16(14)20-11-21-17/h2-8,11H,9-10H2,1H3. The first-order valence-corrected chi connectivity index (χ1v) is 7.14. The predicted molar refractivity (Wildman–Crippen MR) is 84.7 cm³/mol. The van der Waals surface area contributed by atoms with Gasteiger partial charge in [0.05, 0.1) is 6.54 Å². The van der Waals surface area contributed by atoms with Crippen LogP contribution >= 0.6 is 0 Å². The lowest BCUT2D eigenvalue weighted by Crippen LogP contribution is -2.25. The van der Waals surface area contributed by atoms with Crippen molar-refractivity contribution in [2.75, 3.05) is 25.1 Å². The normalized spacial score (nSPS) is 10.7. The van der Waals surface area contributed by atoms with E-state index in [0.29, 0.717) is 35.6 Å². The molecule has 0 amide bonds. The highest BCUT2D eigenvalue weighted by molar-refractivity contribution is 5.89. The number of para-hydroxylation sites is 1. The molecule has 3 rings (SSSR count). The van der Waals surface area contributed by atoms with Gasteiger partial charge in [-0.2, -0.15) is 0 Å². The molecule has 1 aromatic heterocycles. The Hall–Kier alpha value is -2.76. The van der Waals surface area contributed by atoms with E-state index < -0.39 is 0 Å². The minimum atomic E-state index is -0.373. The van der Waals surface area contributed by atoms with Gasteiger partial charge in [0.1, 0.15) is 41.7 Å². The lowest BCUT2D eigenvalue weighted by Gasteiger charge is -2.19. The smallest absolute Gasteiger partial charge is 0.149 e. The quantitative estimate of drug-likeness (QED) is 0.723. The molecule has 0 saturated carbocycles. The number of rotatable bonds is 5. The summed E-state index contributed by atoms with van der Waals surface area (Å²) in [5.74, 6) is 0.557. The van der Waals surface area contributed by atoms with Gasteiger partial charge >= 0.3 is 0 Å². The molecule has 0 aliphatic heterocycles. The van der Waals surface area contributed by atoms with Crippen molar-refractivity contribution < 1.29 is 13.5 Å². The van der Waals surface area contributed by atoms with E-state index in [1.165, 1.54) is 24.5 Å². The van der Waals surface area contributed by atoms with Crippen LogP contribution in [0.2, 0.25) is 0 Å². The minimum Gasteiger partial charge on any atom is -0.492 e. The molecule has 1 heterocycles. The molecule has 4 nitrogen and oxygen atoms in total. The molecule has 2 aromatic carbocycles. The molecule has 0 N–H and O–H groups in total. The Morgan fingerprint density at radius 1 is 1.04 bits per heavy atom. The van der Waals surface area contributed by atoms with Gasteiger partial charge in [0.15, 0.2) is 0 Å². The van der Waals surface area contributed by atoms with E-state index in [-0.39, 0.29) is 11.6 Å². The maximum Gasteiger partial charge on any atom is 0.149 e. The topological polar surface area (TPSA) is 38.2 Å². The highest BCUT2D eigenvalue weighted by Gasteiger charge is 2.11. The van der Waals surface area contributed by atoms with Crippen molar-refractivity contribution in [2.24, 2.45) is 0 Å². The van der Waals surface area contributed by atoms with E-state index in [0.717, 1.165) is 0 Å². The molecule has 0 atom stereocenters. The maximum atomic E-state index is 13.8. The molecule has 0 spiro atoms. The SMILES string of the molecule is CN(CCOc1ccc(F)cc1)c1ncnc2c(F)cccc12. The van der Waals surface area contributed by atoms with Crippen LogP contribution in [0, 0.1) is 11.6 Å². The minimum absolute atomic E-state index is 0.295. The molecule has 6 heteroatoms. The summed E-state index contributed by atoms with van der Waals surface area (Å²) < 4.78 is 32.2. The van der Waals surface area contributed by atoms with Crippen LogP contribution in [0.4, 0.5) is 14.6 Å². The molecule has 0 aliphatic carbocycles. The molecule has 0 saturated heterocycles. The number of halogens is 2. The Bertz CT molecular complexity index is 809. The van der Waals surface area contributed by atoms with E-state index in [4.69, 9.17) is 4.74 Å². The van der Waals surface area contributed by atoms with Crippen LogP contribution in [0.3, 0.4) is 0 Å². The number of aromatic nitrogens is 2. The number of fused-ring (bicyclic) bond motifs is 1. The van der Waals surface area contributed by atoms with Crippen LogP contribution in [0.25, 0.3) is 10.9 Å². The largest absolute Gasteiger partial charge is 0.492 e. The van der Waals surface area contributed by atoms with Crippen LogP contribution in [0.15, 0.2) is 48.8 Å². The number of hydrogen-bond acceptors (Lipinski definition) is 4. The molecule has 0 radical (unpaired) electrons. The zero-order valence-corrected chi connectivity index (χ0v) is 12.5. The zero-order valence-electron chi connectivity index (χ0n) is 12.5. The van der Waals surface area contributed by atoms with Gasteiger partial charge in [-0.05, 0) is 36.4 Å². The van der Waals surface area contributed by atoms with E-state index in [1.807, 2.05) is 11.9 Å². The Balaban J connectivity index is 1.70. The lowest BCUT2D eigenvalue weighted by molar-refractivity contribution is 0.325. The summed E-state index contributed by atoms with van der Waals surface area (Å²) in [6.07, 6.45) is 1.35. The van der Waals surface area contributed by atoms with Gasteiger partial charge in [-0.1, -0.05) is 6.07 Å². The molecule has 118 valence electrons. The van der Waals surface area contributed by atoms with E-state index in [2.05, 4.69) is 9.97 Å². The number of ether oxygens (including phenoxy) is 1. The summed E-state index contributed by atoms with van der Waals surface area (Å²) in [5, 5.41) is 0.650. The maximum absolute atomic E-state index is 13.8. The molecule has 23 heavy (non-hydrogen) atoms. The first-order valence-electron chi connectivity index (χ1n) is 7.14. The molecule has 3 aromatic rings. The number of nitrogens with zero attached hydrogens (tertiary/aromatic N) is 3. The third kappa shape index (κ3) is 3.36. The number of benzene rings is 2. The zero-order chi connectivity index (χ0) is 16.2. The Kier molecular flexibility index (Phi) is 4.32. The summed E-state index contributed by atoms with van der Waals surface area (Å²) in [5.41, 5.74) is 0.295. The summed E-state index contributed by atoms with van der Waals surface area (Å²) in [7, 11) is 1.85. The van der Waals surface area contributed by atoms with Crippen molar-refractivity contribution in [1.29, 1.82) is 0 Å². The molecular weight excluding hydrogens is 300 g/mol. The average molecular weight is 315 g/mol. The van der Waals surface area contributed by atoms with Gasteiger partial charge in [0, 0.05) is 12.4 Å². The van der Waals surface area contributed by atoms with Gasteiger partial charge in [-0.3, -0.25) is 0 Å². The molecule has 0 aliphatic rings. The fourth-order valence-corrected chi connectivity index (χ4v) is 2.28. The third-order valence-corrected chi connectivity index (χ3v) is 3.47. The second-order valence-electron chi connectivity index (χ2n) is 5.06. The monoisotopic (exact) mass is 315 g/mol. The Morgan fingerprint density at radius 3 is 2.61 bits per heavy atom. The number of likely N-dealkylation sites (N-methyl/N-ethyl adjacent to an activating group) is 1. The third-order valence-electron chi connectivity index (χ3n) is 3.47. The number of hydrogen-bond donors (Lipinski definition) is 0. The number of anilines is 1. The summed E-state index contributed by atoms with van der Waals surface area (Å²) in [6, 6.07) is 10.6. The van der Waals surface area contributed by atoms with Gasteiger partial charge < -0.3 is 9.64 Å². The van der Waals surface area contributed by atoms with Crippen molar-refractivity contribution in [2.45, 2.75) is 0 Å². The van der Waals surface area contributed by atoms with Crippen LogP contribution < -0.4 is 9.64 Å². The Labute approximate surface area is 132 Å². The second kappa shape index (κ2) is 6.56. The molecule has 0 fully saturated rings. The summed E-state index contributed by atoms with van der Waals surface area (Å²) >= 11 is 0. The van der Waals surface area contributed by atoms with Crippen LogP contribution in [0.1, 0.15) is 0 Å². The summed E-state index contributed by atoms with van der Waals surface area (Å²) in [6.45, 7) is 0.933. The summed E-state index contributed by atoms with van der Waals surface area (Å²) in [4.78, 5) is 10.1. The van der Waals surface area contributed by atoms with Crippen LogP contribution in [-0.2, 0) is 0 Å². The van der Waals surface area contributed by atoms with Gasteiger partial charge in [-0.25, -0.2) is 18.7 Å². The molecular formula is C17H15F2N3O. The van der Waals surface area contributed by atoms with Crippen molar-refractivity contribution in [3.63, 3.8) is 0 Å². The van der Waals surface area contributed by atoms with Gasteiger partial charge in [0.25, 0.3) is 0 Å². The van der Waals surface area contributed by atoms with Crippen molar-refractivity contribution in [1.82, 2.24) is 9.97 Å². The first kappa shape index (κ1) is 15.1. The fraction of sp³-hybridized carbons (Fsp3) is 0.176. The highest BCUT2D eigenvalue weighted by Crippen LogP contribution is 2.23. The Morgan fingerprint density at radius 2 is 1.83 bits per heavy atom. The van der Waals surface area contributed by atoms with E-state index in [1.54, 1.807) is 24.3 Å². The molecule has 0 unspecified atom stereocenters. The second-order valence-corrected chi connectivity index (χ2v) is 5.06. The highest BCUT2D eigenvalue weighted by atomic mass is 19.1. The van der Waals surface area contributed by atoms with Gasteiger partial charge in [-0.15, -0.1) is 0 Å². The average Bonchev–Trinajstić information content (AvgIpc) is 2.56. The van der Waals surface area contributed by atoms with E-state index >= 15 is 0 Å². The first-order chi connectivity index (χ1) is 11.1.